The molecule has 3 aromatic heterocycles. The van der Waals surface area contributed by atoms with Crippen LogP contribution < -0.4 is 5.32 Å². The van der Waals surface area contributed by atoms with Crippen LogP contribution in [0.4, 0.5) is 5.69 Å². The monoisotopic (exact) mass is 287 g/mol. The number of carbonyl (C=O) groups is 2. The molecule has 0 aliphatic carbocycles. The van der Waals surface area contributed by atoms with E-state index in [9.17, 15) is 9.59 Å². The molecule has 6 nitrogen and oxygen atoms in total. The van der Waals surface area contributed by atoms with Gasteiger partial charge in [0, 0.05) is 6.20 Å². The SMILES string of the molecule is O=C(O)c1sccc1NC(=O)c1cnn2ccccc12. The van der Waals surface area contributed by atoms with Gasteiger partial charge in [-0.25, -0.2) is 9.31 Å². The van der Waals surface area contributed by atoms with Gasteiger partial charge in [0.15, 0.2) is 0 Å². The first-order valence-electron chi connectivity index (χ1n) is 5.71. The number of pyridine rings is 1. The number of carbonyl (C=O) groups excluding carboxylic acids is 1. The maximum atomic E-state index is 12.2. The number of aromatic nitrogens is 2. The number of amides is 1. The molecule has 0 radical (unpaired) electrons. The van der Waals surface area contributed by atoms with Gasteiger partial charge in [0.2, 0.25) is 0 Å². The third-order valence-corrected chi connectivity index (χ3v) is 3.68. The molecule has 3 rings (SSSR count). The minimum atomic E-state index is -1.06. The molecule has 0 saturated heterocycles. The van der Waals surface area contributed by atoms with E-state index in [1.54, 1.807) is 34.3 Å². The molecule has 0 atom stereocenters. The quantitative estimate of drug-likeness (QED) is 0.774. The fourth-order valence-corrected chi connectivity index (χ4v) is 2.56. The zero-order valence-electron chi connectivity index (χ0n) is 10.1. The van der Waals surface area contributed by atoms with Crippen molar-refractivity contribution >= 4 is 34.4 Å². The minimum absolute atomic E-state index is 0.106. The summed E-state index contributed by atoms with van der Waals surface area (Å²) in [6.07, 6.45) is 3.19. The smallest absolute Gasteiger partial charge is 0.348 e. The first-order valence-corrected chi connectivity index (χ1v) is 6.59. The Labute approximate surface area is 117 Å². The van der Waals surface area contributed by atoms with Crippen LogP contribution in [0.5, 0.6) is 0 Å². The summed E-state index contributed by atoms with van der Waals surface area (Å²) < 4.78 is 1.58. The Bertz CT molecular complexity index is 806. The highest BCUT2D eigenvalue weighted by atomic mass is 32.1. The molecule has 0 aromatic carbocycles. The van der Waals surface area contributed by atoms with Gasteiger partial charge in [-0.05, 0) is 23.6 Å². The second-order valence-electron chi connectivity index (χ2n) is 4.01. The number of thiophene rings is 1. The predicted molar refractivity (Wildman–Crippen MR) is 74.4 cm³/mol. The molecule has 2 N–H and O–H groups in total. The van der Waals surface area contributed by atoms with Crippen molar-refractivity contribution in [3.8, 4) is 0 Å². The summed E-state index contributed by atoms with van der Waals surface area (Å²) in [6.45, 7) is 0. The van der Waals surface area contributed by atoms with Crippen molar-refractivity contribution in [2.24, 2.45) is 0 Å². The molecule has 0 fully saturated rings. The van der Waals surface area contributed by atoms with Gasteiger partial charge >= 0.3 is 5.97 Å². The molecule has 20 heavy (non-hydrogen) atoms. The van der Waals surface area contributed by atoms with Crippen LogP contribution in [-0.4, -0.2) is 26.6 Å². The number of nitrogens with one attached hydrogen (secondary N) is 1. The normalized spacial score (nSPS) is 10.6. The standard InChI is InChI=1S/C13H9N3O3S/c17-12(15-9-4-6-20-11(9)13(18)19)8-7-14-16-5-2-1-3-10(8)16/h1-7H,(H,15,17)(H,18,19). The van der Waals surface area contributed by atoms with Crippen molar-refractivity contribution in [1.82, 2.24) is 9.61 Å². The average Bonchev–Trinajstić information content (AvgIpc) is 3.04. The van der Waals surface area contributed by atoms with Crippen LogP contribution in [-0.2, 0) is 0 Å². The van der Waals surface area contributed by atoms with Crippen LogP contribution in [0.3, 0.4) is 0 Å². The van der Waals surface area contributed by atoms with Crippen molar-refractivity contribution in [3.63, 3.8) is 0 Å². The van der Waals surface area contributed by atoms with Gasteiger partial charge in [0.05, 0.1) is 23.0 Å². The number of fused-ring (bicyclic) bond motifs is 1. The third-order valence-electron chi connectivity index (χ3n) is 2.78. The fraction of sp³-hybridized carbons (Fsp3) is 0. The first kappa shape index (κ1) is 12.4. The van der Waals surface area contributed by atoms with Crippen LogP contribution in [0.25, 0.3) is 5.52 Å². The lowest BCUT2D eigenvalue weighted by atomic mass is 10.2. The van der Waals surface area contributed by atoms with Gasteiger partial charge in [-0.2, -0.15) is 5.10 Å². The van der Waals surface area contributed by atoms with Crippen LogP contribution in [0.1, 0.15) is 20.0 Å². The van der Waals surface area contributed by atoms with Crippen molar-refractivity contribution in [3.05, 3.63) is 52.5 Å². The zero-order chi connectivity index (χ0) is 14.1. The molecule has 0 spiro atoms. The number of carboxylic acid groups (broad SMARTS) is 1. The van der Waals surface area contributed by atoms with Crippen molar-refractivity contribution < 1.29 is 14.7 Å². The van der Waals surface area contributed by atoms with Gasteiger partial charge in [-0.15, -0.1) is 11.3 Å². The second kappa shape index (κ2) is 4.78. The summed E-state index contributed by atoms with van der Waals surface area (Å²) in [6, 6.07) is 6.95. The van der Waals surface area contributed by atoms with Crippen LogP contribution >= 0.6 is 11.3 Å². The van der Waals surface area contributed by atoms with Crippen molar-refractivity contribution in [2.45, 2.75) is 0 Å². The summed E-state index contributed by atoms with van der Waals surface area (Å²) in [5.74, 6) is -1.44. The van der Waals surface area contributed by atoms with E-state index in [0.717, 1.165) is 11.3 Å². The molecule has 3 heterocycles. The van der Waals surface area contributed by atoms with Gasteiger partial charge < -0.3 is 10.4 Å². The largest absolute Gasteiger partial charge is 0.477 e. The van der Waals surface area contributed by atoms with Gasteiger partial charge in [0.1, 0.15) is 4.88 Å². The third kappa shape index (κ3) is 2.04. The lowest BCUT2D eigenvalue weighted by Gasteiger charge is -2.03. The second-order valence-corrected chi connectivity index (χ2v) is 4.93. The fourth-order valence-electron chi connectivity index (χ4n) is 1.87. The Balaban J connectivity index is 1.93. The minimum Gasteiger partial charge on any atom is -0.477 e. The predicted octanol–water partition coefficient (Wildman–Crippen LogP) is 2.35. The molecule has 0 bridgehead atoms. The average molecular weight is 287 g/mol. The van der Waals surface area contributed by atoms with Crippen LogP contribution in [0.2, 0.25) is 0 Å². The number of hydrogen-bond donors (Lipinski definition) is 2. The lowest BCUT2D eigenvalue weighted by Crippen LogP contribution is -2.13. The van der Waals surface area contributed by atoms with E-state index in [4.69, 9.17) is 5.11 Å². The topological polar surface area (TPSA) is 83.7 Å². The summed E-state index contributed by atoms with van der Waals surface area (Å²) in [4.78, 5) is 23.3. The molecule has 0 unspecified atom stereocenters. The molecule has 100 valence electrons. The Morgan fingerprint density at radius 1 is 1.30 bits per heavy atom. The van der Waals surface area contributed by atoms with E-state index in [-0.39, 0.29) is 10.8 Å². The Hall–Kier alpha value is -2.67. The summed E-state index contributed by atoms with van der Waals surface area (Å²) in [5.41, 5.74) is 1.35. The molecular formula is C13H9N3O3S. The lowest BCUT2D eigenvalue weighted by molar-refractivity contribution is 0.0703. The van der Waals surface area contributed by atoms with Crippen molar-refractivity contribution in [2.75, 3.05) is 5.32 Å². The highest BCUT2D eigenvalue weighted by Crippen LogP contribution is 2.23. The maximum Gasteiger partial charge on any atom is 0.348 e. The van der Waals surface area contributed by atoms with Crippen molar-refractivity contribution in [1.29, 1.82) is 0 Å². The molecule has 0 aliphatic rings. The van der Waals surface area contributed by atoms with E-state index in [1.807, 2.05) is 6.07 Å². The molecule has 7 heteroatoms. The number of nitrogens with zero attached hydrogens (tertiary/aromatic N) is 2. The van der Waals surface area contributed by atoms with E-state index < -0.39 is 5.97 Å². The highest BCUT2D eigenvalue weighted by Gasteiger charge is 2.17. The molecule has 0 aliphatic heterocycles. The van der Waals surface area contributed by atoms with Crippen LogP contribution in [0.15, 0.2) is 42.0 Å². The Kier molecular flexibility index (Phi) is 2.96. The molecule has 3 aromatic rings. The van der Waals surface area contributed by atoms with Gasteiger partial charge in [0.25, 0.3) is 5.91 Å². The Morgan fingerprint density at radius 2 is 2.15 bits per heavy atom. The summed E-state index contributed by atoms with van der Waals surface area (Å²) in [5, 5.41) is 17.3. The number of carboxylic acids is 1. The maximum absolute atomic E-state index is 12.2. The van der Waals surface area contributed by atoms with E-state index in [0.29, 0.717) is 16.8 Å². The molecular weight excluding hydrogens is 278 g/mol. The molecule has 0 saturated carbocycles. The van der Waals surface area contributed by atoms with Gasteiger partial charge in [-0.3, -0.25) is 4.79 Å². The number of aromatic carboxylic acids is 1. The van der Waals surface area contributed by atoms with E-state index in [1.165, 1.54) is 6.20 Å². The first-order chi connectivity index (χ1) is 9.66. The van der Waals surface area contributed by atoms with Crippen LogP contribution in [0, 0.1) is 0 Å². The Morgan fingerprint density at radius 3 is 2.95 bits per heavy atom. The summed E-state index contributed by atoms with van der Waals surface area (Å²) in [7, 11) is 0. The summed E-state index contributed by atoms with van der Waals surface area (Å²) >= 11 is 1.07. The number of anilines is 1. The molecule has 1 amide bonds. The number of rotatable bonds is 3. The highest BCUT2D eigenvalue weighted by molar-refractivity contribution is 7.12. The van der Waals surface area contributed by atoms with E-state index >= 15 is 0 Å². The zero-order valence-corrected chi connectivity index (χ0v) is 10.9. The number of hydrogen-bond acceptors (Lipinski definition) is 4. The van der Waals surface area contributed by atoms with Gasteiger partial charge in [-0.1, -0.05) is 6.07 Å². The van der Waals surface area contributed by atoms with E-state index in [2.05, 4.69) is 10.4 Å².